The van der Waals surface area contributed by atoms with Crippen molar-refractivity contribution in [1.29, 1.82) is 0 Å². The zero-order chi connectivity index (χ0) is 21.0. The third kappa shape index (κ3) is 3.80. The van der Waals surface area contributed by atoms with Gasteiger partial charge in [-0.3, -0.25) is 14.4 Å². The quantitative estimate of drug-likeness (QED) is 0.666. The van der Waals surface area contributed by atoms with E-state index in [-0.39, 0.29) is 30.3 Å². The Morgan fingerprint density at radius 3 is 2.17 bits per heavy atom. The summed E-state index contributed by atoms with van der Waals surface area (Å²) in [6, 6.07) is 16.1. The van der Waals surface area contributed by atoms with Gasteiger partial charge in [0.1, 0.15) is 18.5 Å². The highest BCUT2D eigenvalue weighted by Gasteiger charge is 2.53. The highest BCUT2D eigenvalue weighted by atomic mass is 16.5. The number of benzene rings is 2. The molecule has 6 heteroatoms. The summed E-state index contributed by atoms with van der Waals surface area (Å²) in [7, 11) is 0. The highest BCUT2D eigenvalue weighted by molar-refractivity contribution is 6.33. The number of ketones is 2. The fraction of sp³-hybridized carbons (Fsp3) is 0.375. The summed E-state index contributed by atoms with van der Waals surface area (Å²) in [5.41, 5.74) is 0.227. The lowest BCUT2D eigenvalue weighted by molar-refractivity contribution is -0.906. The smallest absolute Gasteiger partial charge is 0.220 e. The number of carbonyl (C=O) groups excluding carboxylic acids is 3. The number of morpholine rings is 1. The number of rotatable bonds is 7. The molecule has 1 fully saturated rings. The van der Waals surface area contributed by atoms with Crippen LogP contribution in [0.4, 0.5) is 0 Å². The van der Waals surface area contributed by atoms with Crippen LogP contribution in [-0.2, 0) is 14.9 Å². The Kier molecular flexibility index (Phi) is 6.06. The zero-order valence-corrected chi connectivity index (χ0v) is 17.0. The Hall–Kier alpha value is -2.83. The molecule has 1 saturated heterocycles. The van der Waals surface area contributed by atoms with E-state index in [4.69, 9.17) is 4.74 Å². The van der Waals surface area contributed by atoms with Crippen LogP contribution in [0, 0.1) is 0 Å². The van der Waals surface area contributed by atoms with Gasteiger partial charge in [0, 0.05) is 17.5 Å². The minimum Gasteiger partial charge on any atom is -0.370 e. The Bertz CT molecular complexity index is 900. The molecule has 0 aromatic heterocycles. The van der Waals surface area contributed by atoms with Crippen molar-refractivity contribution in [2.24, 2.45) is 0 Å². The van der Waals surface area contributed by atoms with Crippen LogP contribution >= 0.6 is 0 Å². The molecule has 0 saturated carbocycles. The van der Waals surface area contributed by atoms with Crippen LogP contribution in [0.25, 0.3) is 0 Å². The molecule has 1 amide bonds. The summed E-state index contributed by atoms with van der Waals surface area (Å²) in [4.78, 5) is 40.7. The topological polar surface area (TPSA) is 76.9 Å². The van der Waals surface area contributed by atoms with Crippen LogP contribution in [-0.4, -0.2) is 56.9 Å². The van der Waals surface area contributed by atoms with E-state index in [1.165, 1.54) is 4.90 Å². The predicted octanol–water partition coefficient (Wildman–Crippen LogP) is 0.815. The number of fused-ring (bicyclic) bond motifs is 1. The maximum Gasteiger partial charge on any atom is 0.220 e. The minimum atomic E-state index is -1.32. The molecular formula is C24H27N2O4+. The van der Waals surface area contributed by atoms with Crippen LogP contribution in [0.5, 0.6) is 0 Å². The molecule has 0 atom stereocenters. The minimum absolute atomic E-state index is 0.124. The first-order valence-electron chi connectivity index (χ1n) is 10.5. The van der Waals surface area contributed by atoms with E-state index in [0.29, 0.717) is 23.2 Å². The molecule has 2 N–H and O–H groups in total. The van der Waals surface area contributed by atoms with E-state index in [9.17, 15) is 14.4 Å². The number of amides is 1. The molecule has 4 rings (SSSR count). The van der Waals surface area contributed by atoms with E-state index in [0.717, 1.165) is 32.8 Å². The van der Waals surface area contributed by atoms with Crippen molar-refractivity contribution in [2.75, 3.05) is 39.4 Å². The molecule has 1 aliphatic carbocycles. The number of hydrogen-bond acceptors (Lipinski definition) is 4. The lowest BCUT2D eigenvalue weighted by Gasteiger charge is -2.26. The molecule has 6 nitrogen and oxygen atoms in total. The number of ether oxygens (including phenoxy) is 1. The number of carbonyl (C=O) groups is 3. The average molecular weight is 407 g/mol. The van der Waals surface area contributed by atoms with E-state index >= 15 is 0 Å². The number of quaternary nitrogens is 1. The van der Waals surface area contributed by atoms with Gasteiger partial charge in [-0.1, -0.05) is 54.6 Å². The number of nitrogens with one attached hydrogen (secondary N) is 2. The number of Topliss-reactive ketones (excluding diaryl/α,β-unsaturated/α-hetero) is 2. The first-order valence-corrected chi connectivity index (χ1v) is 10.5. The highest BCUT2D eigenvalue weighted by Crippen LogP contribution is 2.42. The monoisotopic (exact) mass is 407 g/mol. The fourth-order valence-corrected chi connectivity index (χ4v) is 4.48. The van der Waals surface area contributed by atoms with Crippen molar-refractivity contribution < 1.29 is 24.0 Å². The molecule has 0 bridgehead atoms. The normalized spacial score (nSPS) is 18.3. The van der Waals surface area contributed by atoms with Gasteiger partial charge in [0.15, 0.2) is 11.6 Å². The van der Waals surface area contributed by atoms with Gasteiger partial charge in [-0.2, -0.15) is 0 Å². The van der Waals surface area contributed by atoms with Gasteiger partial charge in [0.25, 0.3) is 0 Å². The molecule has 156 valence electrons. The van der Waals surface area contributed by atoms with E-state index in [1.807, 2.05) is 18.2 Å². The lowest BCUT2D eigenvalue weighted by Crippen LogP contribution is -3.14. The Balaban J connectivity index is 1.47. The average Bonchev–Trinajstić information content (AvgIpc) is 3.01. The van der Waals surface area contributed by atoms with Crippen LogP contribution in [0.1, 0.15) is 39.1 Å². The van der Waals surface area contributed by atoms with Crippen LogP contribution in [0.15, 0.2) is 54.6 Å². The van der Waals surface area contributed by atoms with Gasteiger partial charge < -0.3 is 15.0 Å². The predicted molar refractivity (Wildman–Crippen MR) is 112 cm³/mol. The molecule has 1 aliphatic heterocycles. The van der Waals surface area contributed by atoms with Crippen molar-refractivity contribution in [1.82, 2.24) is 5.32 Å². The molecule has 1 heterocycles. The maximum atomic E-state index is 13.4. The van der Waals surface area contributed by atoms with Crippen LogP contribution in [0.2, 0.25) is 0 Å². The summed E-state index contributed by atoms with van der Waals surface area (Å²) in [5.74, 6) is -0.547. The van der Waals surface area contributed by atoms with Gasteiger partial charge in [-0.25, -0.2) is 0 Å². The first-order chi connectivity index (χ1) is 14.6. The summed E-state index contributed by atoms with van der Waals surface area (Å²) in [6.07, 6.45) is 0.290. The molecule has 2 aliphatic rings. The standard InChI is InChI=1S/C24H26N2O4/c27-21(25-12-13-26-14-16-30-17-15-26)10-11-24(18-6-2-1-3-7-18)22(28)19-8-4-5-9-20(19)23(24)29/h1-9H,10-17H2,(H,25,27)/p+1. The van der Waals surface area contributed by atoms with E-state index < -0.39 is 5.41 Å². The van der Waals surface area contributed by atoms with Crippen molar-refractivity contribution >= 4 is 17.5 Å². The Labute approximate surface area is 176 Å². The van der Waals surface area contributed by atoms with Gasteiger partial charge in [0.05, 0.1) is 26.3 Å². The van der Waals surface area contributed by atoms with Gasteiger partial charge in [0.2, 0.25) is 5.91 Å². The number of hydrogen-bond donors (Lipinski definition) is 2. The molecule has 30 heavy (non-hydrogen) atoms. The molecule has 2 aromatic rings. The zero-order valence-electron chi connectivity index (χ0n) is 17.0. The first kappa shape index (κ1) is 20.4. The molecule has 0 unspecified atom stereocenters. The fourth-order valence-electron chi connectivity index (χ4n) is 4.48. The van der Waals surface area contributed by atoms with Crippen molar-refractivity contribution in [3.05, 3.63) is 71.3 Å². The van der Waals surface area contributed by atoms with Crippen LogP contribution in [0.3, 0.4) is 0 Å². The second-order valence-corrected chi connectivity index (χ2v) is 7.94. The van der Waals surface area contributed by atoms with Gasteiger partial charge in [-0.05, 0) is 12.0 Å². The molecule has 0 spiro atoms. The lowest BCUT2D eigenvalue weighted by atomic mass is 9.72. The van der Waals surface area contributed by atoms with Crippen molar-refractivity contribution in [3.63, 3.8) is 0 Å². The molecule has 2 aromatic carbocycles. The maximum absolute atomic E-state index is 13.4. The Morgan fingerprint density at radius 2 is 1.53 bits per heavy atom. The van der Waals surface area contributed by atoms with Gasteiger partial charge >= 0.3 is 0 Å². The molecular weight excluding hydrogens is 380 g/mol. The van der Waals surface area contributed by atoms with Crippen molar-refractivity contribution in [3.8, 4) is 0 Å². The second kappa shape index (κ2) is 8.90. The van der Waals surface area contributed by atoms with Gasteiger partial charge in [-0.15, -0.1) is 0 Å². The molecule has 0 radical (unpaired) electrons. The summed E-state index contributed by atoms with van der Waals surface area (Å²) in [5, 5.41) is 2.95. The van der Waals surface area contributed by atoms with E-state index in [2.05, 4.69) is 5.32 Å². The van der Waals surface area contributed by atoms with Crippen LogP contribution < -0.4 is 10.2 Å². The summed E-state index contributed by atoms with van der Waals surface area (Å²) in [6.45, 7) is 4.85. The second-order valence-electron chi connectivity index (χ2n) is 7.94. The summed E-state index contributed by atoms with van der Waals surface area (Å²) >= 11 is 0. The van der Waals surface area contributed by atoms with E-state index in [1.54, 1.807) is 36.4 Å². The summed E-state index contributed by atoms with van der Waals surface area (Å²) < 4.78 is 5.35. The largest absolute Gasteiger partial charge is 0.370 e. The third-order valence-corrected chi connectivity index (χ3v) is 6.19. The van der Waals surface area contributed by atoms with Crippen molar-refractivity contribution in [2.45, 2.75) is 18.3 Å². The Morgan fingerprint density at radius 1 is 0.933 bits per heavy atom. The SMILES string of the molecule is O=C(CCC1(c2ccccc2)C(=O)c2ccccc2C1=O)NCC[NH+]1CCOCC1. The third-order valence-electron chi connectivity index (χ3n) is 6.19.